The Labute approximate surface area is 167 Å². The summed E-state index contributed by atoms with van der Waals surface area (Å²) in [4.78, 5) is 11.4. The van der Waals surface area contributed by atoms with Gasteiger partial charge in [-0.15, -0.1) is 0 Å². The van der Waals surface area contributed by atoms with Gasteiger partial charge in [-0.2, -0.15) is 8.42 Å². The summed E-state index contributed by atoms with van der Waals surface area (Å²) >= 11 is 0. The van der Waals surface area contributed by atoms with Crippen molar-refractivity contribution in [3.05, 3.63) is 0 Å². The number of ether oxygens (including phenoxy) is 6. The minimum absolute atomic E-state index is 0.0687. The second-order valence-corrected chi connectivity index (χ2v) is 8.26. The van der Waals surface area contributed by atoms with Gasteiger partial charge in [0.1, 0.15) is 5.60 Å². The van der Waals surface area contributed by atoms with Crippen LogP contribution in [-0.4, -0.2) is 96.4 Å². The summed E-state index contributed by atoms with van der Waals surface area (Å²) in [7, 11) is -3.98. The van der Waals surface area contributed by atoms with E-state index in [4.69, 9.17) is 33.0 Å². The Balaban J connectivity index is 3.19. The van der Waals surface area contributed by atoms with Gasteiger partial charge in [-0.25, -0.2) is 0 Å². The monoisotopic (exact) mass is 430 g/mol. The van der Waals surface area contributed by atoms with Crippen LogP contribution in [-0.2, 0) is 43.3 Å². The SMILES string of the molecule is CC(C)(C)OC(=O)CCOCCOCCOCCOCCOCCS(=O)(=O)O. The number of hydrogen-bond donors (Lipinski definition) is 1. The summed E-state index contributed by atoms with van der Waals surface area (Å²) in [5.41, 5.74) is -0.481. The first kappa shape index (κ1) is 27.2. The third-order valence-corrected chi connectivity index (χ3v) is 3.53. The molecule has 0 aliphatic rings. The number of carbonyl (C=O) groups is 1. The van der Waals surface area contributed by atoms with Crippen molar-refractivity contribution in [3.63, 3.8) is 0 Å². The molecule has 11 heteroatoms. The molecule has 0 rings (SSSR count). The summed E-state index contributed by atoms with van der Waals surface area (Å²) in [5.74, 6) is -0.709. The molecule has 0 aromatic heterocycles. The van der Waals surface area contributed by atoms with E-state index >= 15 is 0 Å². The van der Waals surface area contributed by atoms with Crippen molar-refractivity contribution < 1.29 is 46.2 Å². The maximum atomic E-state index is 11.4. The molecular weight excluding hydrogens is 396 g/mol. The molecule has 10 nitrogen and oxygen atoms in total. The fraction of sp³-hybridized carbons (Fsp3) is 0.941. The van der Waals surface area contributed by atoms with Crippen molar-refractivity contribution >= 4 is 16.1 Å². The van der Waals surface area contributed by atoms with E-state index in [2.05, 4.69) is 0 Å². The van der Waals surface area contributed by atoms with Crippen molar-refractivity contribution in [2.24, 2.45) is 0 Å². The zero-order valence-electron chi connectivity index (χ0n) is 17.0. The molecule has 1 N–H and O–H groups in total. The lowest BCUT2D eigenvalue weighted by molar-refractivity contribution is -0.156. The molecule has 168 valence electrons. The topological polar surface area (TPSA) is 127 Å². The molecule has 0 bridgehead atoms. The van der Waals surface area contributed by atoms with Crippen LogP contribution in [0.3, 0.4) is 0 Å². The summed E-state index contributed by atoms with van der Waals surface area (Å²) in [6.07, 6.45) is 0.214. The average Bonchev–Trinajstić information content (AvgIpc) is 2.55. The molecule has 0 aliphatic carbocycles. The Hall–Kier alpha value is -0.820. The van der Waals surface area contributed by atoms with Crippen molar-refractivity contribution in [1.29, 1.82) is 0 Å². The van der Waals surface area contributed by atoms with Crippen molar-refractivity contribution in [2.45, 2.75) is 32.8 Å². The lowest BCUT2D eigenvalue weighted by atomic mass is 10.2. The second-order valence-electron chi connectivity index (χ2n) is 6.68. The Bertz CT molecular complexity index is 487. The Morgan fingerprint density at radius 3 is 1.43 bits per heavy atom. The molecule has 0 spiro atoms. The van der Waals surface area contributed by atoms with Crippen LogP contribution in [0.25, 0.3) is 0 Å². The van der Waals surface area contributed by atoms with Gasteiger partial charge in [-0.1, -0.05) is 0 Å². The van der Waals surface area contributed by atoms with Gasteiger partial charge < -0.3 is 28.4 Å². The third-order valence-electron chi connectivity index (χ3n) is 2.84. The van der Waals surface area contributed by atoms with Crippen LogP contribution in [0.5, 0.6) is 0 Å². The van der Waals surface area contributed by atoms with Gasteiger partial charge in [0.05, 0.1) is 78.2 Å². The van der Waals surface area contributed by atoms with Crippen molar-refractivity contribution in [2.75, 3.05) is 71.8 Å². The van der Waals surface area contributed by atoms with Crippen LogP contribution >= 0.6 is 0 Å². The van der Waals surface area contributed by atoms with Gasteiger partial charge in [0.25, 0.3) is 10.1 Å². The van der Waals surface area contributed by atoms with Crippen molar-refractivity contribution in [3.8, 4) is 0 Å². The fourth-order valence-electron chi connectivity index (χ4n) is 1.69. The molecule has 0 radical (unpaired) electrons. The molecule has 0 aromatic carbocycles. The van der Waals surface area contributed by atoms with Crippen molar-refractivity contribution in [1.82, 2.24) is 0 Å². The van der Waals surface area contributed by atoms with E-state index in [1.54, 1.807) is 0 Å². The van der Waals surface area contributed by atoms with E-state index in [-0.39, 0.29) is 25.6 Å². The van der Waals surface area contributed by atoms with Gasteiger partial charge in [0, 0.05) is 0 Å². The van der Waals surface area contributed by atoms with Crippen LogP contribution in [0.4, 0.5) is 0 Å². The van der Waals surface area contributed by atoms with Gasteiger partial charge in [-0.3, -0.25) is 9.35 Å². The summed E-state index contributed by atoms with van der Waals surface area (Å²) < 4.78 is 60.7. The van der Waals surface area contributed by atoms with Crippen LogP contribution in [0.15, 0.2) is 0 Å². The first-order valence-corrected chi connectivity index (χ1v) is 10.8. The van der Waals surface area contributed by atoms with Gasteiger partial charge in [-0.05, 0) is 20.8 Å². The molecule has 0 saturated heterocycles. The molecule has 0 saturated carbocycles. The van der Waals surface area contributed by atoms with Crippen LogP contribution in [0, 0.1) is 0 Å². The highest BCUT2D eigenvalue weighted by atomic mass is 32.2. The lowest BCUT2D eigenvalue weighted by Crippen LogP contribution is -2.24. The van der Waals surface area contributed by atoms with Crippen LogP contribution in [0.1, 0.15) is 27.2 Å². The molecule has 0 aromatic rings. The van der Waals surface area contributed by atoms with E-state index in [1.165, 1.54) is 0 Å². The number of carbonyl (C=O) groups excluding carboxylic acids is 1. The Morgan fingerprint density at radius 1 is 0.714 bits per heavy atom. The smallest absolute Gasteiger partial charge is 0.308 e. The Morgan fingerprint density at radius 2 is 1.07 bits per heavy atom. The highest BCUT2D eigenvalue weighted by Crippen LogP contribution is 2.07. The summed E-state index contributed by atoms with van der Waals surface area (Å²) in [6.45, 7) is 8.68. The van der Waals surface area contributed by atoms with E-state index < -0.39 is 21.5 Å². The maximum absolute atomic E-state index is 11.4. The molecule has 28 heavy (non-hydrogen) atoms. The number of esters is 1. The first-order valence-electron chi connectivity index (χ1n) is 9.16. The zero-order valence-corrected chi connectivity index (χ0v) is 17.8. The minimum Gasteiger partial charge on any atom is -0.460 e. The second kappa shape index (κ2) is 16.0. The van der Waals surface area contributed by atoms with Gasteiger partial charge in [0.15, 0.2) is 0 Å². The fourth-order valence-corrected chi connectivity index (χ4v) is 2.02. The number of hydrogen-bond acceptors (Lipinski definition) is 9. The summed E-state index contributed by atoms with van der Waals surface area (Å²) in [6, 6.07) is 0. The highest BCUT2D eigenvalue weighted by Gasteiger charge is 2.15. The van der Waals surface area contributed by atoms with E-state index in [9.17, 15) is 13.2 Å². The largest absolute Gasteiger partial charge is 0.460 e. The standard InChI is InChI=1S/C17H34O10S/c1-17(2,3)27-16(18)4-5-22-6-7-23-8-9-24-10-11-25-12-13-26-14-15-28(19,20)21/h4-15H2,1-3H3,(H,19,20,21). The maximum Gasteiger partial charge on any atom is 0.308 e. The summed E-state index contributed by atoms with van der Waals surface area (Å²) in [5, 5.41) is 0. The van der Waals surface area contributed by atoms with E-state index in [0.29, 0.717) is 52.9 Å². The first-order chi connectivity index (χ1) is 13.1. The minimum atomic E-state index is -3.98. The molecule has 0 unspecified atom stereocenters. The molecule has 0 fully saturated rings. The normalized spacial score (nSPS) is 12.3. The predicted octanol–water partition coefficient (Wildman–Crippen LogP) is 0.689. The lowest BCUT2D eigenvalue weighted by Gasteiger charge is -2.19. The molecule has 0 aliphatic heterocycles. The highest BCUT2D eigenvalue weighted by molar-refractivity contribution is 7.85. The molecule has 0 heterocycles. The van der Waals surface area contributed by atoms with Crippen LogP contribution in [0.2, 0.25) is 0 Å². The molecule has 0 atom stereocenters. The van der Waals surface area contributed by atoms with Gasteiger partial charge in [0.2, 0.25) is 0 Å². The zero-order chi connectivity index (χ0) is 21.3. The van der Waals surface area contributed by atoms with Gasteiger partial charge >= 0.3 is 5.97 Å². The Kier molecular flexibility index (Phi) is 15.6. The molecule has 0 amide bonds. The average molecular weight is 431 g/mol. The van der Waals surface area contributed by atoms with E-state index in [1.807, 2.05) is 20.8 Å². The van der Waals surface area contributed by atoms with Crippen LogP contribution < -0.4 is 0 Å². The molecular formula is C17H34O10S. The quantitative estimate of drug-likeness (QED) is 0.188. The predicted molar refractivity (Wildman–Crippen MR) is 101 cm³/mol. The third kappa shape index (κ3) is 23.2. The number of rotatable bonds is 18. The van der Waals surface area contributed by atoms with E-state index in [0.717, 1.165) is 0 Å².